The second-order valence-electron chi connectivity index (χ2n) is 4.49. The van der Waals surface area contributed by atoms with Gasteiger partial charge in [0.25, 0.3) is 5.91 Å². The SMILES string of the molecule is CCC(CC1CC1)NC(=O)c1cc(Br)c(Br)s1. The highest BCUT2D eigenvalue weighted by molar-refractivity contribution is 9.13. The molecule has 0 bridgehead atoms. The van der Waals surface area contributed by atoms with Crippen molar-refractivity contribution in [1.82, 2.24) is 5.32 Å². The van der Waals surface area contributed by atoms with E-state index in [4.69, 9.17) is 0 Å². The minimum atomic E-state index is 0.0499. The van der Waals surface area contributed by atoms with Gasteiger partial charge in [-0.05, 0) is 56.7 Å². The maximum Gasteiger partial charge on any atom is 0.261 e. The van der Waals surface area contributed by atoms with Crippen molar-refractivity contribution in [1.29, 1.82) is 0 Å². The van der Waals surface area contributed by atoms with Crippen LogP contribution in [-0.4, -0.2) is 11.9 Å². The lowest BCUT2D eigenvalue weighted by molar-refractivity contribution is 0.0937. The number of hydrogen-bond donors (Lipinski definition) is 1. The Morgan fingerprint density at radius 2 is 2.29 bits per heavy atom. The molecule has 1 aliphatic rings. The van der Waals surface area contributed by atoms with Crippen molar-refractivity contribution in [2.45, 2.75) is 38.6 Å². The number of halogens is 2. The molecule has 1 aromatic heterocycles. The molecule has 0 aliphatic heterocycles. The summed E-state index contributed by atoms with van der Waals surface area (Å²) in [4.78, 5) is 12.8. The van der Waals surface area contributed by atoms with Gasteiger partial charge in [-0.15, -0.1) is 11.3 Å². The second-order valence-corrected chi connectivity index (χ2v) is 7.71. The lowest BCUT2D eigenvalue weighted by atomic mass is 10.1. The first-order valence-corrected chi connectivity index (χ1v) is 8.26. The lowest BCUT2D eigenvalue weighted by Gasteiger charge is -2.15. The maximum atomic E-state index is 12.0. The van der Waals surface area contributed by atoms with Crippen LogP contribution in [0.2, 0.25) is 0 Å². The van der Waals surface area contributed by atoms with Crippen molar-refractivity contribution in [3.05, 3.63) is 19.2 Å². The Bertz CT molecular complexity index is 395. The summed E-state index contributed by atoms with van der Waals surface area (Å²) in [6.07, 6.45) is 4.82. The van der Waals surface area contributed by atoms with Gasteiger partial charge in [-0.2, -0.15) is 0 Å². The molecular formula is C12H15Br2NOS. The van der Waals surface area contributed by atoms with E-state index in [1.54, 1.807) is 0 Å². The van der Waals surface area contributed by atoms with Gasteiger partial charge >= 0.3 is 0 Å². The van der Waals surface area contributed by atoms with Gasteiger partial charge in [0.2, 0.25) is 0 Å². The predicted molar refractivity (Wildman–Crippen MR) is 78.6 cm³/mol. The molecule has 94 valence electrons. The molecular weight excluding hydrogens is 366 g/mol. The molecule has 2 rings (SSSR count). The standard InChI is InChI=1S/C12H15Br2NOS/c1-2-8(5-7-3-4-7)15-12(16)10-6-9(13)11(14)17-10/h6-8H,2-5H2,1H3,(H,15,16). The quantitative estimate of drug-likeness (QED) is 0.795. The molecule has 1 amide bonds. The molecule has 1 unspecified atom stereocenters. The second kappa shape index (κ2) is 5.85. The minimum Gasteiger partial charge on any atom is -0.349 e. The summed E-state index contributed by atoms with van der Waals surface area (Å²) in [7, 11) is 0. The summed E-state index contributed by atoms with van der Waals surface area (Å²) < 4.78 is 1.92. The fourth-order valence-electron chi connectivity index (χ4n) is 1.80. The van der Waals surface area contributed by atoms with Gasteiger partial charge in [0.05, 0.1) is 8.66 Å². The number of carbonyl (C=O) groups is 1. The molecule has 1 fully saturated rings. The van der Waals surface area contributed by atoms with Crippen LogP contribution in [0.1, 0.15) is 42.3 Å². The molecule has 1 heterocycles. The van der Waals surface area contributed by atoms with E-state index in [-0.39, 0.29) is 5.91 Å². The topological polar surface area (TPSA) is 29.1 Å². The molecule has 1 aromatic rings. The van der Waals surface area contributed by atoms with E-state index in [1.807, 2.05) is 6.07 Å². The normalized spacial score (nSPS) is 16.9. The van der Waals surface area contributed by atoms with Gasteiger partial charge in [-0.1, -0.05) is 19.8 Å². The third-order valence-corrected chi connectivity index (χ3v) is 6.27. The van der Waals surface area contributed by atoms with Crippen LogP contribution in [0.15, 0.2) is 14.3 Å². The molecule has 2 nitrogen and oxygen atoms in total. The van der Waals surface area contributed by atoms with Crippen molar-refractivity contribution in [3.63, 3.8) is 0 Å². The lowest BCUT2D eigenvalue weighted by Crippen LogP contribution is -2.34. The molecule has 1 saturated carbocycles. The van der Waals surface area contributed by atoms with Crippen molar-refractivity contribution < 1.29 is 4.79 Å². The zero-order chi connectivity index (χ0) is 12.4. The zero-order valence-corrected chi connectivity index (χ0v) is 13.6. The maximum absolute atomic E-state index is 12.0. The third-order valence-electron chi connectivity index (χ3n) is 3.01. The van der Waals surface area contributed by atoms with E-state index in [2.05, 4.69) is 44.1 Å². The Kier molecular flexibility index (Phi) is 4.66. The first-order chi connectivity index (χ1) is 8.10. The van der Waals surface area contributed by atoms with Crippen LogP contribution < -0.4 is 5.32 Å². The predicted octanol–water partition coefficient (Wildman–Crippen LogP) is 4.58. The summed E-state index contributed by atoms with van der Waals surface area (Å²) in [5, 5.41) is 3.12. The number of hydrogen-bond acceptors (Lipinski definition) is 2. The number of carbonyl (C=O) groups excluding carboxylic acids is 1. The van der Waals surface area contributed by atoms with Crippen LogP contribution in [0.3, 0.4) is 0 Å². The first kappa shape index (κ1) is 13.6. The Labute approximate surface area is 122 Å². The van der Waals surface area contributed by atoms with Crippen molar-refractivity contribution in [3.8, 4) is 0 Å². The van der Waals surface area contributed by atoms with Crippen LogP contribution in [0.25, 0.3) is 0 Å². The first-order valence-electron chi connectivity index (χ1n) is 5.85. The molecule has 1 atom stereocenters. The summed E-state index contributed by atoms with van der Waals surface area (Å²) in [6, 6.07) is 2.20. The monoisotopic (exact) mass is 379 g/mol. The average Bonchev–Trinajstić information content (AvgIpc) is 3.04. The smallest absolute Gasteiger partial charge is 0.261 e. The molecule has 0 aromatic carbocycles. The Morgan fingerprint density at radius 3 is 2.76 bits per heavy atom. The molecule has 1 aliphatic carbocycles. The summed E-state index contributed by atoms with van der Waals surface area (Å²) in [5.74, 6) is 0.899. The van der Waals surface area contributed by atoms with Crippen LogP contribution in [0.5, 0.6) is 0 Å². The summed E-state index contributed by atoms with van der Waals surface area (Å²) in [5.41, 5.74) is 0. The highest BCUT2D eigenvalue weighted by atomic mass is 79.9. The Balaban J connectivity index is 1.94. The minimum absolute atomic E-state index is 0.0499. The van der Waals surface area contributed by atoms with Crippen LogP contribution in [-0.2, 0) is 0 Å². The van der Waals surface area contributed by atoms with Crippen molar-refractivity contribution in [2.24, 2.45) is 5.92 Å². The van der Waals surface area contributed by atoms with Gasteiger partial charge in [0, 0.05) is 10.5 Å². The molecule has 0 spiro atoms. The van der Waals surface area contributed by atoms with E-state index < -0.39 is 0 Å². The van der Waals surface area contributed by atoms with Crippen LogP contribution in [0.4, 0.5) is 0 Å². The molecule has 0 saturated heterocycles. The zero-order valence-electron chi connectivity index (χ0n) is 9.63. The van der Waals surface area contributed by atoms with Crippen molar-refractivity contribution in [2.75, 3.05) is 0 Å². The van der Waals surface area contributed by atoms with Crippen molar-refractivity contribution >= 4 is 49.1 Å². The number of rotatable bonds is 5. The van der Waals surface area contributed by atoms with Gasteiger partial charge in [0.15, 0.2) is 0 Å². The third kappa shape index (κ3) is 3.80. The van der Waals surface area contributed by atoms with Gasteiger partial charge in [0.1, 0.15) is 0 Å². The fourth-order valence-corrected chi connectivity index (χ4v) is 3.74. The highest BCUT2D eigenvalue weighted by Crippen LogP contribution is 2.35. The van der Waals surface area contributed by atoms with E-state index in [0.717, 1.165) is 31.9 Å². The largest absolute Gasteiger partial charge is 0.349 e. The molecule has 0 radical (unpaired) electrons. The molecule has 1 N–H and O–H groups in total. The highest BCUT2D eigenvalue weighted by Gasteiger charge is 2.26. The van der Waals surface area contributed by atoms with Gasteiger partial charge in [-0.25, -0.2) is 0 Å². The fraction of sp³-hybridized carbons (Fsp3) is 0.583. The van der Waals surface area contributed by atoms with Gasteiger partial charge < -0.3 is 5.32 Å². The number of thiophene rings is 1. The summed E-state index contributed by atoms with van der Waals surface area (Å²) >= 11 is 8.28. The van der Waals surface area contributed by atoms with Crippen LogP contribution >= 0.6 is 43.2 Å². The Morgan fingerprint density at radius 1 is 1.59 bits per heavy atom. The molecule has 5 heteroatoms. The van der Waals surface area contributed by atoms with E-state index >= 15 is 0 Å². The van der Waals surface area contributed by atoms with Gasteiger partial charge in [-0.3, -0.25) is 4.79 Å². The Hall–Kier alpha value is 0.130. The van der Waals surface area contributed by atoms with E-state index in [9.17, 15) is 4.79 Å². The van der Waals surface area contributed by atoms with Crippen LogP contribution in [0, 0.1) is 5.92 Å². The molecule has 17 heavy (non-hydrogen) atoms. The number of amides is 1. The average molecular weight is 381 g/mol. The van der Waals surface area contributed by atoms with E-state index in [0.29, 0.717) is 6.04 Å². The number of nitrogens with one attached hydrogen (secondary N) is 1. The summed E-state index contributed by atoms with van der Waals surface area (Å²) in [6.45, 7) is 2.13. The van der Waals surface area contributed by atoms with E-state index in [1.165, 1.54) is 24.2 Å².